The Morgan fingerprint density at radius 2 is 1.60 bits per heavy atom. The Balaban J connectivity index is 1.35. The quantitative estimate of drug-likeness (QED) is 0.750. The lowest BCUT2D eigenvalue weighted by Crippen LogP contribution is -2.53. The highest BCUT2D eigenvalue weighted by molar-refractivity contribution is 6.30. The molecule has 0 saturated carbocycles. The summed E-state index contributed by atoms with van der Waals surface area (Å²) in [4.78, 5) is 32.2. The summed E-state index contributed by atoms with van der Waals surface area (Å²) < 4.78 is 0. The standard InChI is InChI=1S/C24H28ClN3O2/c1-18-5-2-3-7-22(18)26-13-15-27(16-14-26)24(30)20-6-4-12-28(17-20)23(29)19-8-10-21(25)11-9-19/h2-3,5,7-11,20H,4,6,12-17H2,1H3. The van der Waals surface area contributed by atoms with E-state index in [-0.39, 0.29) is 17.7 Å². The van der Waals surface area contributed by atoms with E-state index >= 15 is 0 Å². The third-order valence-corrected chi connectivity index (χ3v) is 6.45. The van der Waals surface area contributed by atoms with E-state index in [1.165, 1.54) is 11.3 Å². The van der Waals surface area contributed by atoms with Gasteiger partial charge >= 0.3 is 0 Å². The van der Waals surface area contributed by atoms with Crippen LogP contribution in [0.3, 0.4) is 0 Å². The first kappa shape index (κ1) is 20.7. The number of carbonyl (C=O) groups is 2. The molecular weight excluding hydrogens is 398 g/mol. The highest BCUT2D eigenvalue weighted by atomic mass is 35.5. The number of likely N-dealkylation sites (tertiary alicyclic amines) is 1. The molecule has 2 fully saturated rings. The number of nitrogens with zero attached hydrogens (tertiary/aromatic N) is 3. The van der Waals surface area contributed by atoms with E-state index in [9.17, 15) is 9.59 Å². The van der Waals surface area contributed by atoms with Gasteiger partial charge in [-0.1, -0.05) is 29.8 Å². The van der Waals surface area contributed by atoms with Gasteiger partial charge in [-0.15, -0.1) is 0 Å². The monoisotopic (exact) mass is 425 g/mol. The van der Waals surface area contributed by atoms with Crippen LogP contribution in [0.1, 0.15) is 28.8 Å². The number of piperazine rings is 1. The van der Waals surface area contributed by atoms with E-state index in [4.69, 9.17) is 11.6 Å². The maximum absolute atomic E-state index is 13.2. The highest BCUT2D eigenvalue weighted by Crippen LogP contribution is 2.24. The minimum Gasteiger partial charge on any atom is -0.368 e. The molecule has 6 heteroatoms. The van der Waals surface area contributed by atoms with Gasteiger partial charge in [-0.25, -0.2) is 0 Å². The zero-order valence-corrected chi connectivity index (χ0v) is 18.1. The predicted octanol–water partition coefficient (Wildman–Crippen LogP) is 3.85. The third-order valence-electron chi connectivity index (χ3n) is 6.20. The second-order valence-electron chi connectivity index (χ2n) is 8.20. The summed E-state index contributed by atoms with van der Waals surface area (Å²) in [7, 11) is 0. The maximum Gasteiger partial charge on any atom is 0.253 e. The molecule has 1 unspecified atom stereocenters. The molecule has 2 aliphatic rings. The molecule has 0 radical (unpaired) electrons. The second-order valence-corrected chi connectivity index (χ2v) is 8.63. The fraction of sp³-hybridized carbons (Fsp3) is 0.417. The number of benzene rings is 2. The van der Waals surface area contributed by atoms with Crippen LogP contribution in [0, 0.1) is 12.8 Å². The fourth-order valence-electron chi connectivity index (χ4n) is 4.48. The summed E-state index contributed by atoms with van der Waals surface area (Å²) in [5.74, 6) is 0.0570. The topological polar surface area (TPSA) is 43.9 Å². The van der Waals surface area contributed by atoms with E-state index in [1.54, 1.807) is 24.3 Å². The van der Waals surface area contributed by atoms with Crippen LogP contribution in [0.25, 0.3) is 0 Å². The Labute approximate surface area is 183 Å². The lowest BCUT2D eigenvalue weighted by molar-refractivity contribution is -0.137. The van der Waals surface area contributed by atoms with Gasteiger partial charge in [-0.05, 0) is 55.7 Å². The molecule has 30 heavy (non-hydrogen) atoms. The molecule has 2 aromatic carbocycles. The van der Waals surface area contributed by atoms with Crippen LogP contribution in [0.4, 0.5) is 5.69 Å². The number of anilines is 1. The summed E-state index contributed by atoms with van der Waals surface area (Å²) in [5.41, 5.74) is 3.14. The van der Waals surface area contributed by atoms with Gasteiger partial charge in [-0.3, -0.25) is 9.59 Å². The number of aryl methyl sites for hydroxylation is 1. The van der Waals surface area contributed by atoms with Gasteiger partial charge in [0.05, 0.1) is 5.92 Å². The third kappa shape index (κ3) is 4.46. The van der Waals surface area contributed by atoms with Crippen molar-refractivity contribution in [1.29, 1.82) is 0 Å². The number of hydrogen-bond donors (Lipinski definition) is 0. The number of carbonyl (C=O) groups excluding carboxylic acids is 2. The van der Waals surface area contributed by atoms with Crippen molar-refractivity contribution in [3.8, 4) is 0 Å². The van der Waals surface area contributed by atoms with E-state index in [0.717, 1.165) is 39.0 Å². The molecule has 0 bridgehead atoms. The van der Waals surface area contributed by atoms with Crippen LogP contribution < -0.4 is 4.90 Å². The summed E-state index contributed by atoms with van der Waals surface area (Å²) in [6.45, 7) is 6.48. The molecule has 158 valence electrons. The summed E-state index contributed by atoms with van der Waals surface area (Å²) in [5, 5.41) is 0.614. The Morgan fingerprint density at radius 3 is 2.30 bits per heavy atom. The predicted molar refractivity (Wildman–Crippen MR) is 120 cm³/mol. The fourth-order valence-corrected chi connectivity index (χ4v) is 4.61. The normalized spacial score (nSPS) is 19.7. The lowest BCUT2D eigenvalue weighted by Gasteiger charge is -2.40. The Hall–Kier alpha value is -2.53. The molecule has 1 atom stereocenters. The number of hydrogen-bond acceptors (Lipinski definition) is 3. The Kier molecular flexibility index (Phi) is 6.28. The van der Waals surface area contributed by atoms with Crippen LogP contribution in [-0.4, -0.2) is 60.9 Å². The minimum atomic E-state index is -0.111. The Bertz CT molecular complexity index is 907. The zero-order valence-electron chi connectivity index (χ0n) is 17.4. The molecule has 2 heterocycles. The molecule has 2 saturated heterocycles. The summed E-state index contributed by atoms with van der Waals surface area (Å²) in [6.07, 6.45) is 1.71. The van der Waals surface area contributed by atoms with Crippen molar-refractivity contribution in [3.63, 3.8) is 0 Å². The first-order chi connectivity index (χ1) is 14.5. The van der Waals surface area contributed by atoms with E-state index in [0.29, 0.717) is 23.7 Å². The molecule has 0 N–H and O–H groups in total. The molecule has 5 nitrogen and oxygen atoms in total. The van der Waals surface area contributed by atoms with Crippen molar-refractivity contribution < 1.29 is 9.59 Å². The number of amides is 2. The van der Waals surface area contributed by atoms with E-state index in [2.05, 4.69) is 36.1 Å². The molecule has 0 aromatic heterocycles. The van der Waals surface area contributed by atoms with Crippen molar-refractivity contribution >= 4 is 29.1 Å². The molecular formula is C24H28ClN3O2. The van der Waals surface area contributed by atoms with Crippen LogP contribution in [0.5, 0.6) is 0 Å². The van der Waals surface area contributed by atoms with E-state index < -0.39 is 0 Å². The van der Waals surface area contributed by atoms with Gasteiger partial charge < -0.3 is 14.7 Å². The van der Waals surface area contributed by atoms with Crippen LogP contribution in [0.15, 0.2) is 48.5 Å². The van der Waals surface area contributed by atoms with Crippen molar-refractivity contribution in [2.75, 3.05) is 44.2 Å². The van der Waals surface area contributed by atoms with Crippen molar-refractivity contribution in [3.05, 3.63) is 64.7 Å². The van der Waals surface area contributed by atoms with Gasteiger partial charge in [0.25, 0.3) is 5.91 Å². The lowest BCUT2D eigenvalue weighted by atomic mass is 9.95. The largest absolute Gasteiger partial charge is 0.368 e. The first-order valence-corrected chi connectivity index (χ1v) is 11.0. The number of halogens is 1. The zero-order chi connectivity index (χ0) is 21.1. The van der Waals surface area contributed by atoms with Crippen LogP contribution >= 0.6 is 11.6 Å². The van der Waals surface area contributed by atoms with Gasteiger partial charge in [-0.2, -0.15) is 0 Å². The second kappa shape index (κ2) is 9.09. The number of piperidine rings is 1. The summed E-state index contributed by atoms with van der Waals surface area (Å²) >= 11 is 5.93. The van der Waals surface area contributed by atoms with Crippen LogP contribution in [-0.2, 0) is 4.79 Å². The maximum atomic E-state index is 13.2. The highest BCUT2D eigenvalue weighted by Gasteiger charge is 2.33. The van der Waals surface area contributed by atoms with Crippen molar-refractivity contribution in [2.45, 2.75) is 19.8 Å². The van der Waals surface area contributed by atoms with Gasteiger partial charge in [0.15, 0.2) is 0 Å². The van der Waals surface area contributed by atoms with Gasteiger partial charge in [0.1, 0.15) is 0 Å². The average molecular weight is 426 g/mol. The first-order valence-electron chi connectivity index (χ1n) is 10.7. The molecule has 0 spiro atoms. The number of rotatable bonds is 3. The molecule has 2 aliphatic heterocycles. The summed E-state index contributed by atoms with van der Waals surface area (Å²) in [6, 6.07) is 15.4. The van der Waals surface area contributed by atoms with E-state index in [1.807, 2.05) is 9.80 Å². The van der Waals surface area contributed by atoms with Gasteiger partial charge in [0, 0.05) is 55.5 Å². The smallest absolute Gasteiger partial charge is 0.253 e. The average Bonchev–Trinajstić information content (AvgIpc) is 2.79. The molecule has 2 amide bonds. The number of para-hydroxylation sites is 1. The van der Waals surface area contributed by atoms with Gasteiger partial charge in [0.2, 0.25) is 5.91 Å². The Morgan fingerprint density at radius 1 is 0.900 bits per heavy atom. The molecule has 2 aromatic rings. The SMILES string of the molecule is Cc1ccccc1N1CCN(C(=O)C2CCCN(C(=O)c3ccc(Cl)cc3)C2)CC1. The minimum absolute atomic E-state index is 0.0199. The van der Waals surface area contributed by atoms with Crippen molar-refractivity contribution in [1.82, 2.24) is 9.80 Å². The molecule has 4 rings (SSSR count). The van der Waals surface area contributed by atoms with Crippen molar-refractivity contribution in [2.24, 2.45) is 5.92 Å². The van der Waals surface area contributed by atoms with Crippen LogP contribution in [0.2, 0.25) is 5.02 Å². The molecule has 0 aliphatic carbocycles.